The summed E-state index contributed by atoms with van der Waals surface area (Å²) in [6.07, 6.45) is 2.42. The lowest BCUT2D eigenvalue weighted by molar-refractivity contribution is 0.289. The van der Waals surface area contributed by atoms with Gasteiger partial charge in [0.25, 0.3) is 0 Å². The van der Waals surface area contributed by atoms with Crippen LogP contribution in [-0.2, 0) is 0 Å². The SMILES string of the molecule is CC(CCO)Sc1ccc(Cl)cn1. The van der Waals surface area contributed by atoms with Gasteiger partial charge in [0.05, 0.1) is 10.0 Å². The number of rotatable bonds is 4. The topological polar surface area (TPSA) is 33.1 Å². The molecule has 13 heavy (non-hydrogen) atoms. The number of aliphatic hydroxyl groups is 1. The van der Waals surface area contributed by atoms with Crippen molar-refractivity contribution < 1.29 is 5.11 Å². The molecule has 2 nitrogen and oxygen atoms in total. The lowest BCUT2D eigenvalue weighted by Crippen LogP contribution is -1.99. The fourth-order valence-electron chi connectivity index (χ4n) is 0.879. The van der Waals surface area contributed by atoms with Gasteiger partial charge in [-0.3, -0.25) is 0 Å². The average molecular weight is 218 g/mol. The summed E-state index contributed by atoms with van der Waals surface area (Å²) >= 11 is 7.34. The van der Waals surface area contributed by atoms with Gasteiger partial charge in [0.1, 0.15) is 0 Å². The summed E-state index contributed by atoms with van der Waals surface area (Å²) in [6.45, 7) is 2.29. The molecule has 0 saturated heterocycles. The quantitative estimate of drug-likeness (QED) is 0.788. The average Bonchev–Trinajstić information content (AvgIpc) is 2.09. The minimum absolute atomic E-state index is 0.224. The Labute approximate surface area is 87.3 Å². The van der Waals surface area contributed by atoms with Crippen LogP contribution in [0.15, 0.2) is 23.4 Å². The molecule has 0 fully saturated rings. The third kappa shape index (κ3) is 3.98. The zero-order chi connectivity index (χ0) is 9.68. The Morgan fingerprint density at radius 1 is 1.62 bits per heavy atom. The normalized spacial score (nSPS) is 12.8. The Hall–Kier alpha value is -0.250. The summed E-state index contributed by atoms with van der Waals surface area (Å²) in [7, 11) is 0. The van der Waals surface area contributed by atoms with Gasteiger partial charge in [-0.25, -0.2) is 4.98 Å². The molecule has 0 radical (unpaired) electrons. The number of nitrogens with zero attached hydrogens (tertiary/aromatic N) is 1. The first-order valence-corrected chi connectivity index (χ1v) is 5.37. The van der Waals surface area contributed by atoms with Crippen LogP contribution >= 0.6 is 23.4 Å². The molecule has 1 rings (SSSR count). The van der Waals surface area contributed by atoms with Crippen LogP contribution in [-0.4, -0.2) is 21.9 Å². The van der Waals surface area contributed by atoms with Crippen LogP contribution in [0.5, 0.6) is 0 Å². The molecule has 1 N–H and O–H groups in total. The Kier molecular flexibility index (Phi) is 4.56. The molecule has 1 unspecified atom stereocenters. The molecule has 4 heteroatoms. The van der Waals surface area contributed by atoms with E-state index in [1.54, 1.807) is 18.0 Å². The molecule has 0 aliphatic rings. The Morgan fingerprint density at radius 2 is 2.38 bits per heavy atom. The van der Waals surface area contributed by atoms with Crippen molar-refractivity contribution in [3.05, 3.63) is 23.4 Å². The Balaban J connectivity index is 2.49. The van der Waals surface area contributed by atoms with Crippen molar-refractivity contribution in [2.45, 2.75) is 23.6 Å². The molecule has 1 atom stereocenters. The zero-order valence-corrected chi connectivity index (χ0v) is 8.98. The molecule has 1 aromatic rings. The van der Waals surface area contributed by atoms with Gasteiger partial charge in [-0.05, 0) is 18.6 Å². The van der Waals surface area contributed by atoms with E-state index in [4.69, 9.17) is 16.7 Å². The van der Waals surface area contributed by atoms with Crippen molar-refractivity contribution in [1.29, 1.82) is 0 Å². The van der Waals surface area contributed by atoms with Gasteiger partial charge in [-0.1, -0.05) is 18.5 Å². The second kappa shape index (κ2) is 5.47. The van der Waals surface area contributed by atoms with E-state index in [1.165, 1.54) is 0 Å². The first kappa shape index (κ1) is 10.8. The van der Waals surface area contributed by atoms with Gasteiger partial charge in [0, 0.05) is 18.1 Å². The third-order valence-corrected chi connectivity index (χ3v) is 2.90. The first-order chi connectivity index (χ1) is 6.22. The maximum absolute atomic E-state index is 8.70. The van der Waals surface area contributed by atoms with Crippen LogP contribution in [0.25, 0.3) is 0 Å². The smallest absolute Gasteiger partial charge is 0.0963 e. The van der Waals surface area contributed by atoms with Crippen LogP contribution in [0.1, 0.15) is 13.3 Å². The van der Waals surface area contributed by atoms with Gasteiger partial charge in [0.15, 0.2) is 0 Å². The van der Waals surface area contributed by atoms with Crippen LogP contribution in [0.3, 0.4) is 0 Å². The van der Waals surface area contributed by atoms with Crippen molar-refractivity contribution in [1.82, 2.24) is 4.98 Å². The summed E-state index contributed by atoms with van der Waals surface area (Å²) in [6, 6.07) is 3.71. The third-order valence-electron chi connectivity index (χ3n) is 1.56. The summed E-state index contributed by atoms with van der Waals surface area (Å²) in [5, 5.41) is 10.7. The van der Waals surface area contributed by atoms with E-state index in [0.29, 0.717) is 10.3 Å². The molecule has 0 saturated carbocycles. The second-order valence-electron chi connectivity index (χ2n) is 2.76. The largest absolute Gasteiger partial charge is 0.396 e. The molecule has 0 amide bonds. The highest BCUT2D eigenvalue weighted by Crippen LogP contribution is 2.23. The number of pyridine rings is 1. The molecule has 0 aliphatic carbocycles. The van der Waals surface area contributed by atoms with E-state index < -0.39 is 0 Å². The van der Waals surface area contributed by atoms with Crippen molar-refractivity contribution in [3.63, 3.8) is 0 Å². The Morgan fingerprint density at radius 3 is 2.92 bits per heavy atom. The van der Waals surface area contributed by atoms with Crippen molar-refractivity contribution in [3.8, 4) is 0 Å². The highest BCUT2D eigenvalue weighted by atomic mass is 35.5. The molecule has 0 bridgehead atoms. The van der Waals surface area contributed by atoms with Crippen molar-refractivity contribution in [2.24, 2.45) is 0 Å². The van der Waals surface area contributed by atoms with Crippen LogP contribution < -0.4 is 0 Å². The number of halogens is 1. The van der Waals surface area contributed by atoms with Crippen LogP contribution in [0.2, 0.25) is 5.02 Å². The van der Waals surface area contributed by atoms with E-state index >= 15 is 0 Å². The van der Waals surface area contributed by atoms with Gasteiger partial charge >= 0.3 is 0 Å². The van der Waals surface area contributed by atoms with Crippen molar-refractivity contribution in [2.75, 3.05) is 6.61 Å². The van der Waals surface area contributed by atoms with Crippen LogP contribution in [0, 0.1) is 0 Å². The molecule has 1 heterocycles. The fourth-order valence-corrected chi connectivity index (χ4v) is 1.89. The van der Waals surface area contributed by atoms with E-state index in [0.717, 1.165) is 11.4 Å². The number of aliphatic hydroxyl groups excluding tert-OH is 1. The maximum Gasteiger partial charge on any atom is 0.0963 e. The summed E-state index contributed by atoms with van der Waals surface area (Å²) in [5.41, 5.74) is 0. The standard InChI is InChI=1S/C9H12ClNOS/c1-7(4-5-12)13-9-3-2-8(10)6-11-9/h2-3,6-7,12H,4-5H2,1H3. The number of aromatic nitrogens is 1. The highest BCUT2D eigenvalue weighted by molar-refractivity contribution is 7.99. The lowest BCUT2D eigenvalue weighted by atomic mass is 10.3. The first-order valence-electron chi connectivity index (χ1n) is 4.11. The Bertz CT molecular complexity index is 252. The highest BCUT2D eigenvalue weighted by Gasteiger charge is 2.04. The number of hydrogen-bond acceptors (Lipinski definition) is 3. The monoisotopic (exact) mass is 217 g/mol. The lowest BCUT2D eigenvalue weighted by Gasteiger charge is -2.07. The maximum atomic E-state index is 8.70. The number of thioether (sulfide) groups is 1. The van der Waals surface area contributed by atoms with Crippen LogP contribution in [0.4, 0.5) is 0 Å². The zero-order valence-electron chi connectivity index (χ0n) is 7.40. The summed E-state index contributed by atoms with van der Waals surface area (Å²) < 4.78 is 0. The molecule has 1 aromatic heterocycles. The fraction of sp³-hybridized carbons (Fsp3) is 0.444. The minimum Gasteiger partial charge on any atom is -0.396 e. The van der Waals surface area contributed by atoms with Gasteiger partial charge in [-0.15, -0.1) is 11.8 Å². The molecule has 0 aromatic carbocycles. The van der Waals surface area contributed by atoms with Gasteiger partial charge in [-0.2, -0.15) is 0 Å². The number of hydrogen-bond donors (Lipinski definition) is 1. The molecule has 72 valence electrons. The second-order valence-corrected chi connectivity index (χ2v) is 4.65. The predicted octanol–water partition coefficient (Wildman–Crippen LogP) is 2.60. The molecule has 0 aliphatic heterocycles. The van der Waals surface area contributed by atoms with Crippen molar-refractivity contribution >= 4 is 23.4 Å². The summed E-state index contributed by atoms with van der Waals surface area (Å²) in [5.74, 6) is 0. The van der Waals surface area contributed by atoms with E-state index in [-0.39, 0.29) is 6.61 Å². The molecular weight excluding hydrogens is 206 g/mol. The van der Waals surface area contributed by atoms with E-state index in [2.05, 4.69) is 11.9 Å². The minimum atomic E-state index is 0.224. The molecule has 0 spiro atoms. The predicted molar refractivity (Wildman–Crippen MR) is 56.3 cm³/mol. The van der Waals surface area contributed by atoms with E-state index in [9.17, 15) is 0 Å². The van der Waals surface area contributed by atoms with Gasteiger partial charge < -0.3 is 5.11 Å². The summed E-state index contributed by atoms with van der Waals surface area (Å²) in [4.78, 5) is 4.15. The van der Waals surface area contributed by atoms with Gasteiger partial charge in [0.2, 0.25) is 0 Å². The van der Waals surface area contributed by atoms with E-state index in [1.807, 2.05) is 12.1 Å². The molecular formula is C9H12ClNOS.